The SMILES string of the molecule is CN(C)n1c(N)cc(=O)[nH]c1=S. The number of nitrogen functional groups attached to an aromatic ring is 1. The lowest BCUT2D eigenvalue weighted by Crippen LogP contribution is -2.30. The quantitative estimate of drug-likeness (QED) is 0.590. The van der Waals surface area contributed by atoms with Gasteiger partial charge < -0.3 is 10.7 Å². The molecule has 0 saturated heterocycles. The van der Waals surface area contributed by atoms with E-state index in [1.165, 1.54) is 10.7 Å². The van der Waals surface area contributed by atoms with Crippen molar-refractivity contribution in [1.82, 2.24) is 9.66 Å². The summed E-state index contributed by atoms with van der Waals surface area (Å²) in [5, 5.41) is 1.69. The van der Waals surface area contributed by atoms with E-state index < -0.39 is 0 Å². The summed E-state index contributed by atoms with van der Waals surface area (Å²) in [7, 11) is 3.56. The van der Waals surface area contributed by atoms with E-state index in [-0.39, 0.29) is 5.56 Å². The summed E-state index contributed by atoms with van der Waals surface area (Å²) in [5.41, 5.74) is 5.28. The molecule has 0 aliphatic rings. The molecule has 3 N–H and O–H groups in total. The Balaban J connectivity index is 3.49. The van der Waals surface area contributed by atoms with E-state index in [2.05, 4.69) is 4.98 Å². The average Bonchev–Trinajstić information content (AvgIpc) is 1.82. The summed E-state index contributed by atoms with van der Waals surface area (Å²) in [5.74, 6) is 0.328. The Bertz CT molecular complexity index is 391. The van der Waals surface area contributed by atoms with Crippen molar-refractivity contribution >= 4 is 18.0 Å². The summed E-state index contributed by atoms with van der Waals surface area (Å²) in [4.78, 5) is 13.3. The van der Waals surface area contributed by atoms with E-state index in [9.17, 15) is 4.79 Å². The summed E-state index contributed by atoms with van der Waals surface area (Å²) in [6.07, 6.45) is 0. The van der Waals surface area contributed by atoms with Crippen LogP contribution in [0, 0.1) is 4.77 Å². The zero-order valence-corrected chi connectivity index (χ0v) is 7.68. The molecule has 0 saturated carbocycles. The van der Waals surface area contributed by atoms with Gasteiger partial charge in [0.1, 0.15) is 5.82 Å². The van der Waals surface area contributed by atoms with Crippen molar-refractivity contribution < 1.29 is 0 Å². The largest absolute Gasteiger partial charge is 0.383 e. The van der Waals surface area contributed by atoms with Gasteiger partial charge in [0.15, 0.2) is 0 Å². The maximum absolute atomic E-state index is 10.9. The van der Waals surface area contributed by atoms with E-state index in [1.807, 2.05) is 0 Å². The van der Waals surface area contributed by atoms with Gasteiger partial charge in [-0.3, -0.25) is 9.78 Å². The molecule has 1 aromatic heterocycles. The smallest absolute Gasteiger partial charge is 0.253 e. The van der Waals surface area contributed by atoms with Crippen LogP contribution in [0.2, 0.25) is 0 Å². The predicted octanol–water partition coefficient (Wildman–Crippen LogP) is -0.314. The summed E-state index contributed by atoms with van der Waals surface area (Å²) < 4.78 is 1.82. The maximum atomic E-state index is 10.9. The second-order valence-corrected chi connectivity index (χ2v) is 2.91. The van der Waals surface area contributed by atoms with Crippen molar-refractivity contribution in [1.29, 1.82) is 0 Å². The van der Waals surface area contributed by atoms with Crippen LogP contribution in [0.4, 0.5) is 5.82 Å². The van der Waals surface area contributed by atoms with E-state index in [0.29, 0.717) is 10.6 Å². The predicted molar refractivity (Wildman–Crippen MR) is 50.4 cm³/mol. The number of anilines is 1. The van der Waals surface area contributed by atoms with Crippen molar-refractivity contribution in [2.45, 2.75) is 0 Å². The molecule has 5 nitrogen and oxygen atoms in total. The van der Waals surface area contributed by atoms with Crippen LogP contribution in [-0.4, -0.2) is 23.8 Å². The fraction of sp³-hybridized carbons (Fsp3) is 0.333. The number of aromatic nitrogens is 2. The highest BCUT2D eigenvalue weighted by molar-refractivity contribution is 7.71. The highest BCUT2D eigenvalue weighted by Gasteiger charge is 2.00. The first-order chi connectivity index (χ1) is 5.52. The zero-order valence-electron chi connectivity index (χ0n) is 6.87. The van der Waals surface area contributed by atoms with Crippen LogP contribution in [0.25, 0.3) is 0 Å². The molecule has 66 valence electrons. The highest BCUT2D eigenvalue weighted by atomic mass is 32.1. The molecule has 1 heterocycles. The number of rotatable bonds is 1. The Hall–Kier alpha value is -1.30. The molecular formula is C6H10N4OS. The van der Waals surface area contributed by atoms with Gasteiger partial charge in [-0.25, -0.2) is 4.68 Å². The lowest BCUT2D eigenvalue weighted by molar-refractivity contribution is 0.702. The first-order valence-electron chi connectivity index (χ1n) is 3.32. The van der Waals surface area contributed by atoms with Crippen LogP contribution in [-0.2, 0) is 0 Å². The Morgan fingerprint density at radius 3 is 2.67 bits per heavy atom. The molecule has 0 aliphatic heterocycles. The minimum atomic E-state index is -0.282. The molecule has 0 aliphatic carbocycles. The van der Waals surface area contributed by atoms with Crippen LogP contribution in [0.5, 0.6) is 0 Å². The molecule has 1 rings (SSSR count). The van der Waals surface area contributed by atoms with Gasteiger partial charge >= 0.3 is 0 Å². The van der Waals surface area contributed by atoms with Crippen molar-refractivity contribution in [3.8, 4) is 0 Å². The topological polar surface area (TPSA) is 67.0 Å². The van der Waals surface area contributed by atoms with E-state index in [1.54, 1.807) is 19.1 Å². The van der Waals surface area contributed by atoms with Crippen LogP contribution < -0.4 is 16.3 Å². The number of nitrogens with two attached hydrogens (primary N) is 1. The monoisotopic (exact) mass is 186 g/mol. The minimum absolute atomic E-state index is 0.282. The molecule has 0 radical (unpaired) electrons. The Morgan fingerprint density at radius 2 is 2.25 bits per heavy atom. The molecule has 0 fully saturated rings. The fourth-order valence-corrected chi connectivity index (χ4v) is 1.29. The summed E-state index contributed by atoms with van der Waals surface area (Å²) in [6, 6.07) is 1.29. The summed E-state index contributed by atoms with van der Waals surface area (Å²) >= 11 is 4.89. The number of nitrogens with one attached hydrogen (secondary N) is 1. The van der Waals surface area contributed by atoms with Gasteiger partial charge in [-0.05, 0) is 12.2 Å². The molecular weight excluding hydrogens is 176 g/mol. The average molecular weight is 186 g/mol. The van der Waals surface area contributed by atoms with E-state index in [4.69, 9.17) is 18.0 Å². The number of nitrogens with zero attached hydrogens (tertiary/aromatic N) is 2. The van der Waals surface area contributed by atoms with Gasteiger partial charge in [-0.2, -0.15) is 0 Å². The number of hydrogen-bond donors (Lipinski definition) is 2. The van der Waals surface area contributed by atoms with Gasteiger partial charge in [0.2, 0.25) is 4.77 Å². The molecule has 0 atom stereocenters. The Labute approximate surface area is 74.4 Å². The van der Waals surface area contributed by atoms with Gasteiger partial charge in [0, 0.05) is 20.2 Å². The third-order valence-corrected chi connectivity index (χ3v) is 1.62. The van der Waals surface area contributed by atoms with Gasteiger partial charge in [0.05, 0.1) is 0 Å². The van der Waals surface area contributed by atoms with Crippen LogP contribution >= 0.6 is 12.2 Å². The third-order valence-electron chi connectivity index (χ3n) is 1.35. The molecule has 1 aromatic rings. The standard InChI is InChI=1S/C6H10N4OS/c1-9(2)10-4(7)3-5(11)8-6(10)12/h3H,7H2,1-2H3,(H,8,11,12). The zero-order chi connectivity index (χ0) is 9.30. The van der Waals surface area contributed by atoms with Crippen molar-refractivity contribution in [3.63, 3.8) is 0 Å². The Morgan fingerprint density at radius 1 is 1.67 bits per heavy atom. The van der Waals surface area contributed by atoms with Crippen LogP contribution in [0.15, 0.2) is 10.9 Å². The van der Waals surface area contributed by atoms with Gasteiger partial charge in [-0.1, -0.05) is 0 Å². The second-order valence-electron chi connectivity index (χ2n) is 2.52. The normalized spacial score (nSPS) is 9.83. The number of aromatic amines is 1. The molecule has 0 aromatic carbocycles. The molecule has 0 amide bonds. The number of H-pyrrole nitrogens is 1. The van der Waals surface area contributed by atoms with E-state index >= 15 is 0 Å². The minimum Gasteiger partial charge on any atom is -0.383 e. The lowest BCUT2D eigenvalue weighted by atomic mass is 10.6. The first kappa shape index (κ1) is 8.79. The lowest BCUT2D eigenvalue weighted by Gasteiger charge is -2.18. The Kier molecular flexibility index (Phi) is 2.18. The van der Waals surface area contributed by atoms with Crippen LogP contribution in [0.3, 0.4) is 0 Å². The van der Waals surface area contributed by atoms with Crippen molar-refractivity contribution in [2.75, 3.05) is 24.8 Å². The van der Waals surface area contributed by atoms with Gasteiger partial charge in [-0.15, -0.1) is 0 Å². The molecule has 12 heavy (non-hydrogen) atoms. The first-order valence-corrected chi connectivity index (χ1v) is 3.72. The van der Waals surface area contributed by atoms with Crippen LogP contribution in [0.1, 0.15) is 0 Å². The molecule has 0 spiro atoms. The molecule has 0 unspecified atom stereocenters. The summed E-state index contributed by atoms with van der Waals surface area (Å²) in [6.45, 7) is 0. The van der Waals surface area contributed by atoms with Crippen molar-refractivity contribution in [3.05, 3.63) is 21.2 Å². The third kappa shape index (κ3) is 1.48. The molecule has 0 bridgehead atoms. The molecule has 6 heteroatoms. The van der Waals surface area contributed by atoms with Crippen molar-refractivity contribution in [2.24, 2.45) is 0 Å². The highest BCUT2D eigenvalue weighted by Crippen LogP contribution is 1.96. The number of hydrogen-bond acceptors (Lipinski definition) is 4. The second kappa shape index (κ2) is 2.98. The van der Waals surface area contributed by atoms with Gasteiger partial charge in [0.25, 0.3) is 5.56 Å². The fourth-order valence-electron chi connectivity index (χ4n) is 0.920. The maximum Gasteiger partial charge on any atom is 0.253 e. The van der Waals surface area contributed by atoms with E-state index in [0.717, 1.165) is 0 Å².